The molecule has 0 aliphatic rings. The predicted molar refractivity (Wildman–Crippen MR) is 77.4 cm³/mol. The lowest BCUT2D eigenvalue weighted by Crippen LogP contribution is -2.16. The molecule has 0 saturated heterocycles. The number of hydrogen-bond donors (Lipinski definition) is 0. The summed E-state index contributed by atoms with van der Waals surface area (Å²) in [4.78, 5) is 11.4. The summed E-state index contributed by atoms with van der Waals surface area (Å²) < 4.78 is 42.8. The number of alkyl halides is 3. The SMILES string of the molecule is COC(=O)Cc1cc(C(F)(F)F)ccc1C#C[Si](C)(C)C. The van der Waals surface area contributed by atoms with Gasteiger partial charge in [0.15, 0.2) is 0 Å². The second-order valence-corrected chi connectivity index (χ2v) is 10.4. The second kappa shape index (κ2) is 6.35. The van der Waals surface area contributed by atoms with E-state index in [2.05, 4.69) is 16.2 Å². The molecule has 114 valence electrons. The fraction of sp³-hybridized carbons (Fsp3) is 0.400. The molecule has 0 aliphatic heterocycles. The summed E-state index contributed by atoms with van der Waals surface area (Å²) in [5.41, 5.74) is 2.97. The standard InChI is InChI=1S/C15H17F3O2Si/c1-20-14(19)10-12-9-13(15(16,17)18)6-5-11(12)7-8-21(2,3)4/h5-6,9H,10H2,1-4H3. The van der Waals surface area contributed by atoms with Gasteiger partial charge in [0.25, 0.3) is 0 Å². The van der Waals surface area contributed by atoms with Gasteiger partial charge in [0.1, 0.15) is 8.07 Å². The van der Waals surface area contributed by atoms with Gasteiger partial charge in [-0.05, 0) is 23.8 Å². The molecule has 0 fully saturated rings. The first-order valence-corrected chi connectivity index (χ1v) is 9.83. The number of carbonyl (C=O) groups is 1. The van der Waals surface area contributed by atoms with Gasteiger partial charge in [-0.1, -0.05) is 25.6 Å². The molecule has 0 aliphatic carbocycles. The molecule has 1 rings (SSSR count). The molecule has 21 heavy (non-hydrogen) atoms. The molecular formula is C15H17F3O2Si. The maximum atomic E-state index is 12.7. The number of carbonyl (C=O) groups excluding carboxylic acids is 1. The molecule has 0 saturated carbocycles. The number of ether oxygens (including phenoxy) is 1. The van der Waals surface area contributed by atoms with E-state index < -0.39 is 25.8 Å². The number of rotatable bonds is 2. The van der Waals surface area contributed by atoms with Crippen molar-refractivity contribution < 1.29 is 22.7 Å². The minimum Gasteiger partial charge on any atom is -0.469 e. The number of esters is 1. The molecule has 0 heterocycles. The third kappa shape index (κ3) is 5.64. The highest BCUT2D eigenvalue weighted by atomic mass is 28.3. The van der Waals surface area contributed by atoms with Crippen LogP contribution in [-0.4, -0.2) is 21.2 Å². The Bertz CT molecular complexity index is 590. The molecule has 0 spiro atoms. The van der Waals surface area contributed by atoms with Crippen LogP contribution in [-0.2, 0) is 22.1 Å². The van der Waals surface area contributed by atoms with Crippen LogP contribution < -0.4 is 0 Å². The van der Waals surface area contributed by atoms with E-state index in [4.69, 9.17) is 0 Å². The van der Waals surface area contributed by atoms with Crippen molar-refractivity contribution in [3.63, 3.8) is 0 Å². The van der Waals surface area contributed by atoms with Crippen LogP contribution in [0.5, 0.6) is 0 Å². The van der Waals surface area contributed by atoms with E-state index in [0.29, 0.717) is 5.56 Å². The Balaban J connectivity index is 3.29. The van der Waals surface area contributed by atoms with Crippen LogP contribution in [0.4, 0.5) is 13.2 Å². The van der Waals surface area contributed by atoms with Crippen LogP contribution in [0.2, 0.25) is 19.6 Å². The Labute approximate surface area is 123 Å². The van der Waals surface area contributed by atoms with Crippen LogP contribution >= 0.6 is 0 Å². The Morgan fingerprint density at radius 1 is 1.29 bits per heavy atom. The predicted octanol–water partition coefficient (Wildman–Crippen LogP) is 3.65. The van der Waals surface area contributed by atoms with Crippen molar-refractivity contribution in [1.29, 1.82) is 0 Å². The summed E-state index contributed by atoms with van der Waals surface area (Å²) in [6.45, 7) is 6.10. The zero-order valence-electron chi connectivity index (χ0n) is 12.4. The van der Waals surface area contributed by atoms with Gasteiger partial charge in [-0.25, -0.2) is 0 Å². The van der Waals surface area contributed by atoms with Gasteiger partial charge >= 0.3 is 12.1 Å². The third-order valence-electron chi connectivity index (χ3n) is 2.57. The summed E-state index contributed by atoms with van der Waals surface area (Å²) in [7, 11) is -0.463. The van der Waals surface area contributed by atoms with E-state index in [9.17, 15) is 18.0 Å². The van der Waals surface area contributed by atoms with Crippen molar-refractivity contribution in [3.8, 4) is 11.5 Å². The first-order chi connectivity index (χ1) is 9.53. The largest absolute Gasteiger partial charge is 0.469 e. The van der Waals surface area contributed by atoms with Crippen LogP contribution in [0, 0.1) is 11.5 Å². The van der Waals surface area contributed by atoms with Crippen LogP contribution in [0.25, 0.3) is 0 Å². The Hall–Kier alpha value is -1.74. The first kappa shape index (κ1) is 17.3. The fourth-order valence-corrected chi connectivity index (χ4v) is 2.03. The van der Waals surface area contributed by atoms with Crippen LogP contribution in [0.3, 0.4) is 0 Å². The van der Waals surface area contributed by atoms with Gasteiger partial charge in [-0.2, -0.15) is 13.2 Å². The summed E-state index contributed by atoms with van der Waals surface area (Å²) in [6, 6.07) is 3.26. The summed E-state index contributed by atoms with van der Waals surface area (Å²) in [5.74, 6) is 2.31. The van der Waals surface area contributed by atoms with E-state index in [1.807, 2.05) is 19.6 Å². The Morgan fingerprint density at radius 3 is 2.38 bits per heavy atom. The van der Waals surface area contributed by atoms with Crippen LogP contribution in [0.15, 0.2) is 18.2 Å². The lowest BCUT2D eigenvalue weighted by molar-refractivity contribution is -0.140. The molecular weight excluding hydrogens is 297 g/mol. The highest BCUT2D eigenvalue weighted by Gasteiger charge is 2.31. The highest BCUT2D eigenvalue weighted by molar-refractivity contribution is 6.83. The molecule has 0 N–H and O–H groups in total. The molecule has 6 heteroatoms. The van der Waals surface area contributed by atoms with E-state index in [0.717, 1.165) is 12.1 Å². The summed E-state index contributed by atoms with van der Waals surface area (Å²) in [5, 5.41) is 0. The summed E-state index contributed by atoms with van der Waals surface area (Å²) in [6.07, 6.45) is -4.67. The number of benzene rings is 1. The van der Waals surface area contributed by atoms with Crippen LogP contribution in [0.1, 0.15) is 16.7 Å². The molecule has 0 atom stereocenters. The smallest absolute Gasteiger partial charge is 0.416 e. The quantitative estimate of drug-likeness (QED) is 0.473. The normalized spacial score (nSPS) is 11.6. The van der Waals surface area contributed by atoms with Gasteiger partial charge in [-0.3, -0.25) is 4.79 Å². The average Bonchev–Trinajstić information content (AvgIpc) is 2.34. The molecule has 1 aromatic carbocycles. The lowest BCUT2D eigenvalue weighted by Gasteiger charge is -2.11. The highest BCUT2D eigenvalue weighted by Crippen LogP contribution is 2.30. The molecule has 2 nitrogen and oxygen atoms in total. The average molecular weight is 314 g/mol. The van der Waals surface area contributed by atoms with Crippen molar-refractivity contribution in [1.82, 2.24) is 0 Å². The zero-order valence-corrected chi connectivity index (χ0v) is 13.4. The van der Waals surface area contributed by atoms with E-state index in [1.54, 1.807) is 0 Å². The topological polar surface area (TPSA) is 26.3 Å². The van der Waals surface area contributed by atoms with Gasteiger partial charge in [0.05, 0.1) is 19.1 Å². The monoisotopic (exact) mass is 314 g/mol. The van der Waals surface area contributed by atoms with E-state index in [-0.39, 0.29) is 12.0 Å². The fourth-order valence-electron chi connectivity index (χ4n) is 1.52. The second-order valence-electron chi connectivity index (χ2n) is 5.62. The van der Waals surface area contributed by atoms with E-state index in [1.165, 1.54) is 13.2 Å². The van der Waals surface area contributed by atoms with Gasteiger partial charge in [-0.15, -0.1) is 5.54 Å². The molecule has 0 bridgehead atoms. The minimum absolute atomic E-state index is 0.226. The maximum Gasteiger partial charge on any atom is 0.416 e. The molecule has 0 unspecified atom stereocenters. The first-order valence-electron chi connectivity index (χ1n) is 6.33. The lowest BCUT2D eigenvalue weighted by atomic mass is 10.0. The number of hydrogen-bond acceptors (Lipinski definition) is 2. The summed E-state index contributed by atoms with van der Waals surface area (Å²) >= 11 is 0. The Kier molecular flexibility index (Phi) is 5.24. The van der Waals surface area contributed by atoms with Gasteiger partial charge < -0.3 is 4.74 Å². The van der Waals surface area contributed by atoms with Crippen molar-refractivity contribution >= 4 is 14.0 Å². The van der Waals surface area contributed by atoms with Crippen molar-refractivity contribution in [2.75, 3.05) is 7.11 Å². The van der Waals surface area contributed by atoms with Crippen molar-refractivity contribution in [2.24, 2.45) is 0 Å². The molecule has 0 aromatic heterocycles. The third-order valence-corrected chi connectivity index (χ3v) is 3.44. The molecule has 0 radical (unpaired) electrons. The minimum atomic E-state index is -4.45. The van der Waals surface area contributed by atoms with Gasteiger partial charge in [0.2, 0.25) is 0 Å². The Morgan fingerprint density at radius 2 is 1.90 bits per heavy atom. The van der Waals surface area contributed by atoms with Gasteiger partial charge in [0, 0.05) is 5.56 Å². The number of halogens is 3. The van der Waals surface area contributed by atoms with Crippen molar-refractivity contribution in [2.45, 2.75) is 32.2 Å². The zero-order chi connectivity index (χ0) is 16.3. The number of methoxy groups -OCH3 is 1. The molecule has 1 aromatic rings. The van der Waals surface area contributed by atoms with Crippen molar-refractivity contribution in [3.05, 3.63) is 34.9 Å². The molecule has 0 amide bonds. The maximum absolute atomic E-state index is 12.7. The van der Waals surface area contributed by atoms with E-state index >= 15 is 0 Å².